The molecule has 0 aliphatic carbocycles. The van der Waals surface area contributed by atoms with E-state index in [-0.39, 0.29) is 0 Å². The van der Waals surface area contributed by atoms with Crippen LogP contribution in [0.1, 0.15) is 16.7 Å². The standard InChI is InChI=1S/C17H16O3/c1-12-6-8-13(9-7-12)16(11-17(18)19)14-4-3-5-15(10-14)20-2/h3-11H,1-2H3,(H,18,19)/b16-11-. The Morgan fingerprint density at radius 3 is 2.40 bits per heavy atom. The summed E-state index contributed by atoms with van der Waals surface area (Å²) in [6.07, 6.45) is 1.22. The van der Waals surface area contributed by atoms with E-state index in [1.807, 2.05) is 55.5 Å². The van der Waals surface area contributed by atoms with Crippen molar-refractivity contribution in [2.24, 2.45) is 0 Å². The molecule has 0 unspecified atom stereocenters. The monoisotopic (exact) mass is 268 g/mol. The van der Waals surface area contributed by atoms with E-state index in [9.17, 15) is 4.79 Å². The molecule has 2 rings (SSSR count). The van der Waals surface area contributed by atoms with E-state index in [0.717, 1.165) is 16.7 Å². The molecule has 2 aromatic rings. The fourth-order valence-electron chi connectivity index (χ4n) is 1.98. The molecule has 2 aromatic carbocycles. The number of hydrogen-bond acceptors (Lipinski definition) is 2. The lowest BCUT2D eigenvalue weighted by Gasteiger charge is -2.09. The zero-order valence-electron chi connectivity index (χ0n) is 11.5. The number of ether oxygens (including phenoxy) is 1. The lowest BCUT2D eigenvalue weighted by Crippen LogP contribution is -1.95. The van der Waals surface area contributed by atoms with E-state index in [2.05, 4.69) is 0 Å². The van der Waals surface area contributed by atoms with Gasteiger partial charge in [0.2, 0.25) is 0 Å². The van der Waals surface area contributed by atoms with Gasteiger partial charge >= 0.3 is 5.97 Å². The van der Waals surface area contributed by atoms with Crippen LogP contribution in [0.15, 0.2) is 54.6 Å². The van der Waals surface area contributed by atoms with Gasteiger partial charge in [-0.2, -0.15) is 0 Å². The number of carbonyl (C=O) groups is 1. The van der Waals surface area contributed by atoms with Crippen LogP contribution in [0.2, 0.25) is 0 Å². The summed E-state index contributed by atoms with van der Waals surface area (Å²) in [6.45, 7) is 2.00. The molecule has 20 heavy (non-hydrogen) atoms. The van der Waals surface area contributed by atoms with Crippen molar-refractivity contribution < 1.29 is 14.6 Å². The lowest BCUT2D eigenvalue weighted by atomic mass is 9.96. The number of rotatable bonds is 4. The summed E-state index contributed by atoms with van der Waals surface area (Å²) in [6, 6.07) is 15.1. The molecule has 0 saturated heterocycles. The molecule has 0 radical (unpaired) electrons. The zero-order valence-corrected chi connectivity index (χ0v) is 11.5. The van der Waals surface area contributed by atoms with Gasteiger partial charge < -0.3 is 9.84 Å². The predicted octanol–water partition coefficient (Wildman–Crippen LogP) is 3.52. The maximum absolute atomic E-state index is 11.1. The molecule has 0 bridgehead atoms. The summed E-state index contributed by atoms with van der Waals surface area (Å²) in [7, 11) is 1.59. The molecule has 0 heterocycles. The van der Waals surface area contributed by atoms with Crippen LogP contribution in [0.5, 0.6) is 5.75 Å². The van der Waals surface area contributed by atoms with Gasteiger partial charge in [0.1, 0.15) is 5.75 Å². The predicted molar refractivity (Wildman–Crippen MR) is 78.9 cm³/mol. The van der Waals surface area contributed by atoms with Crippen LogP contribution in [0.25, 0.3) is 5.57 Å². The number of benzene rings is 2. The summed E-state index contributed by atoms with van der Waals surface area (Å²) in [4.78, 5) is 11.1. The Morgan fingerprint density at radius 1 is 1.10 bits per heavy atom. The van der Waals surface area contributed by atoms with Crippen molar-refractivity contribution >= 4 is 11.5 Å². The van der Waals surface area contributed by atoms with E-state index < -0.39 is 5.97 Å². The second-order valence-electron chi connectivity index (χ2n) is 4.49. The molecule has 0 amide bonds. The normalized spacial score (nSPS) is 11.2. The maximum atomic E-state index is 11.1. The summed E-state index contributed by atoms with van der Waals surface area (Å²) < 4.78 is 5.19. The summed E-state index contributed by atoms with van der Waals surface area (Å²) >= 11 is 0. The van der Waals surface area contributed by atoms with Crippen molar-refractivity contribution in [1.82, 2.24) is 0 Å². The number of aliphatic carboxylic acids is 1. The highest BCUT2D eigenvalue weighted by atomic mass is 16.5. The van der Waals surface area contributed by atoms with E-state index in [4.69, 9.17) is 9.84 Å². The fraction of sp³-hybridized carbons (Fsp3) is 0.118. The topological polar surface area (TPSA) is 46.5 Å². The van der Waals surface area contributed by atoms with Crippen LogP contribution in [-0.2, 0) is 4.79 Å². The smallest absolute Gasteiger partial charge is 0.328 e. The van der Waals surface area contributed by atoms with Gasteiger partial charge in [-0.15, -0.1) is 0 Å². The third kappa shape index (κ3) is 3.26. The number of methoxy groups -OCH3 is 1. The molecule has 0 atom stereocenters. The first-order valence-electron chi connectivity index (χ1n) is 6.26. The quantitative estimate of drug-likeness (QED) is 0.863. The number of carboxylic acids is 1. The van der Waals surface area contributed by atoms with Crippen molar-refractivity contribution in [3.05, 3.63) is 71.3 Å². The molecular formula is C17H16O3. The van der Waals surface area contributed by atoms with Gasteiger partial charge in [-0.05, 0) is 35.8 Å². The van der Waals surface area contributed by atoms with Crippen molar-refractivity contribution in [2.45, 2.75) is 6.92 Å². The van der Waals surface area contributed by atoms with Crippen LogP contribution >= 0.6 is 0 Å². The highest BCUT2D eigenvalue weighted by molar-refractivity contribution is 5.95. The first kappa shape index (κ1) is 13.9. The molecule has 1 N–H and O–H groups in total. The van der Waals surface area contributed by atoms with E-state index >= 15 is 0 Å². The second kappa shape index (κ2) is 6.06. The molecule has 102 valence electrons. The SMILES string of the molecule is COc1cccc(/C(=C\C(=O)O)c2ccc(C)cc2)c1. The van der Waals surface area contributed by atoms with Crippen molar-refractivity contribution in [2.75, 3.05) is 7.11 Å². The van der Waals surface area contributed by atoms with Crippen LogP contribution in [0.3, 0.4) is 0 Å². The van der Waals surface area contributed by atoms with Gasteiger partial charge in [-0.3, -0.25) is 0 Å². The molecule has 3 heteroatoms. The average molecular weight is 268 g/mol. The van der Waals surface area contributed by atoms with E-state index in [0.29, 0.717) is 11.3 Å². The number of hydrogen-bond donors (Lipinski definition) is 1. The largest absolute Gasteiger partial charge is 0.497 e. The van der Waals surface area contributed by atoms with Crippen LogP contribution in [-0.4, -0.2) is 18.2 Å². The van der Waals surface area contributed by atoms with Gasteiger partial charge in [-0.25, -0.2) is 4.79 Å². The molecule has 0 aromatic heterocycles. The molecule has 0 aliphatic heterocycles. The Balaban J connectivity index is 2.52. The van der Waals surface area contributed by atoms with Gasteiger partial charge in [0, 0.05) is 6.08 Å². The highest BCUT2D eigenvalue weighted by Crippen LogP contribution is 2.26. The maximum Gasteiger partial charge on any atom is 0.328 e. The summed E-state index contributed by atoms with van der Waals surface area (Å²) in [5.41, 5.74) is 3.48. The Kier molecular flexibility index (Phi) is 4.20. The molecule has 0 aliphatic rings. The molecule has 0 spiro atoms. The minimum absolute atomic E-state index is 0.663. The third-order valence-corrected chi connectivity index (χ3v) is 3.01. The van der Waals surface area contributed by atoms with Crippen molar-refractivity contribution in [1.29, 1.82) is 0 Å². The highest BCUT2D eigenvalue weighted by Gasteiger charge is 2.08. The molecule has 3 nitrogen and oxygen atoms in total. The average Bonchev–Trinajstić information content (AvgIpc) is 2.46. The lowest BCUT2D eigenvalue weighted by molar-refractivity contribution is -0.131. The van der Waals surface area contributed by atoms with Gasteiger partial charge in [0.05, 0.1) is 7.11 Å². The minimum atomic E-state index is -0.969. The Morgan fingerprint density at radius 2 is 1.80 bits per heavy atom. The van der Waals surface area contributed by atoms with Crippen molar-refractivity contribution in [3.63, 3.8) is 0 Å². The Bertz CT molecular complexity index is 640. The van der Waals surface area contributed by atoms with Crippen LogP contribution in [0.4, 0.5) is 0 Å². The van der Waals surface area contributed by atoms with E-state index in [1.165, 1.54) is 6.08 Å². The first-order valence-corrected chi connectivity index (χ1v) is 6.26. The van der Waals surface area contributed by atoms with E-state index in [1.54, 1.807) is 7.11 Å². The first-order chi connectivity index (χ1) is 9.60. The molecular weight excluding hydrogens is 252 g/mol. The Hall–Kier alpha value is -2.55. The van der Waals surface area contributed by atoms with Gasteiger partial charge in [0.15, 0.2) is 0 Å². The minimum Gasteiger partial charge on any atom is -0.497 e. The number of carboxylic acid groups (broad SMARTS) is 1. The summed E-state index contributed by atoms with van der Waals surface area (Å²) in [5.74, 6) is -0.269. The summed E-state index contributed by atoms with van der Waals surface area (Å²) in [5, 5.41) is 9.08. The van der Waals surface area contributed by atoms with Crippen LogP contribution < -0.4 is 4.74 Å². The zero-order chi connectivity index (χ0) is 14.5. The Labute approximate surface area is 118 Å². The molecule has 0 saturated carbocycles. The second-order valence-corrected chi connectivity index (χ2v) is 4.49. The fourth-order valence-corrected chi connectivity index (χ4v) is 1.98. The van der Waals surface area contributed by atoms with Gasteiger partial charge in [0.25, 0.3) is 0 Å². The number of aryl methyl sites for hydroxylation is 1. The van der Waals surface area contributed by atoms with Crippen molar-refractivity contribution in [3.8, 4) is 5.75 Å². The molecule has 0 fully saturated rings. The van der Waals surface area contributed by atoms with Crippen LogP contribution in [0, 0.1) is 6.92 Å². The van der Waals surface area contributed by atoms with Gasteiger partial charge in [-0.1, -0.05) is 42.0 Å². The third-order valence-electron chi connectivity index (χ3n) is 3.01.